The van der Waals surface area contributed by atoms with Gasteiger partial charge in [0.2, 0.25) is 0 Å². The molecule has 2 N–H and O–H groups in total. The van der Waals surface area contributed by atoms with Crippen molar-refractivity contribution in [3.63, 3.8) is 0 Å². The monoisotopic (exact) mass is 246 g/mol. The van der Waals surface area contributed by atoms with Crippen LogP contribution in [0.5, 0.6) is 0 Å². The molecule has 0 aliphatic carbocycles. The van der Waals surface area contributed by atoms with Crippen LogP contribution < -0.4 is 0 Å². The Kier molecular flexibility index (Phi) is 6.13. The normalized spacial score (nSPS) is 14.5. The van der Waals surface area contributed by atoms with E-state index in [-0.39, 0.29) is 37.1 Å². The van der Waals surface area contributed by atoms with Gasteiger partial charge in [0.25, 0.3) is 0 Å². The molecule has 17 heavy (non-hydrogen) atoms. The van der Waals surface area contributed by atoms with Gasteiger partial charge in [-0.25, -0.2) is 0 Å². The number of hydrogen-bond acceptors (Lipinski definition) is 4. The van der Waals surface area contributed by atoms with Crippen LogP contribution in [-0.2, 0) is 9.53 Å². The standard InChI is InChI=1S/C13H26O4/c1-6-13(8-14,9-15)7-11(16)17-10(2)12(3,4)5/h10,14-15H,6-9H2,1-5H3/t10-/m1/s1. The number of hydrogen-bond donors (Lipinski definition) is 2. The van der Waals surface area contributed by atoms with E-state index in [1.807, 2.05) is 34.6 Å². The molecule has 0 aromatic carbocycles. The molecule has 0 spiro atoms. The van der Waals surface area contributed by atoms with Gasteiger partial charge in [0.05, 0.1) is 19.6 Å². The Balaban J connectivity index is 4.45. The second kappa shape index (κ2) is 6.36. The number of esters is 1. The Morgan fingerprint density at radius 1 is 1.24 bits per heavy atom. The molecule has 1 atom stereocenters. The van der Waals surface area contributed by atoms with Crippen molar-refractivity contribution < 1.29 is 19.7 Å². The summed E-state index contributed by atoms with van der Waals surface area (Å²) in [5.41, 5.74) is -0.863. The van der Waals surface area contributed by atoms with Crippen LogP contribution in [0.3, 0.4) is 0 Å². The molecule has 0 aromatic heterocycles. The molecule has 0 aromatic rings. The maximum atomic E-state index is 11.7. The zero-order valence-corrected chi connectivity index (χ0v) is 11.6. The molecule has 4 nitrogen and oxygen atoms in total. The molecule has 0 unspecified atom stereocenters. The molecule has 0 rings (SSSR count). The van der Waals surface area contributed by atoms with Crippen LogP contribution in [-0.4, -0.2) is 35.5 Å². The first-order chi connectivity index (χ1) is 7.70. The van der Waals surface area contributed by atoms with Crippen molar-refractivity contribution >= 4 is 5.97 Å². The lowest BCUT2D eigenvalue weighted by atomic mass is 9.83. The van der Waals surface area contributed by atoms with Crippen molar-refractivity contribution in [3.05, 3.63) is 0 Å². The van der Waals surface area contributed by atoms with Gasteiger partial charge < -0.3 is 14.9 Å². The summed E-state index contributed by atoms with van der Waals surface area (Å²) in [6, 6.07) is 0. The third kappa shape index (κ3) is 5.04. The van der Waals surface area contributed by atoms with E-state index in [2.05, 4.69) is 0 Å². The molecule has 0 heterocycles. The van der Waals surface area contributed by atoms with Crippen LogP contribution in [0.25, 0.3) is 0 Å². The first-order valence-corrected chi connectivity index (χ1v) is 6.12. The molecule has 0 fully saturated rings. The first-order valence-electron chi connectivity index (χ1n) is 6.12. The van der Waals surface area contributed by atoms with Crippen molar-refractivity contribution in [2.75, 3.05) is 13.2 Å². The lowest BCUT2D eigenvalue weighted by Crippen LogP contribution is -2.35. The summed E-state index contributed by atoms with van der Waals surface area (Å²) < 4.78 is 5.31. The summed E-state index contributed by atoms with van der Waals surface area (Å²) in [6.45, 7) is 9.26. The largest absolute Gasteiger partial charge is 0.462 e. The average molecular weight is 246 g/mol. The molecule has 0 saturated heterocycles. The number of ether oxygens (including phenoxy) is 1. The number of carbonyl (C=O) groups excluding carboxylic acids is 1. The van der Waals surface area contributed by atoms with Crippen LogP contribution in [0.15, 0.2) is 0 Å². The number of aliphatic hydroxyl groups excluding tert-OH is 2. The Morgan fingerprint density at radius 2 is 1.71 bits per heavy atom. The van der Waals surface area contributed by atoms with E-state index in [1.54, 1.807) is 0 Å². The molecular formula is C13H26O4. The van der Waals surface area contributed by atoms with Gasteiger partial charge in [0.1, 0.15) is 6.10 Å². The maximum absolute atomic E-state index is 11.7. The van der Waals surface area contributed by atoms with E-state index in [4.69, 9.17) is 4.74 Å². The zero-order valence-electron chi connectivity index (χ0n) is 11.6. The smallest absolute Gasteiger partial charge is 0.306 e. The fraction of sp³-hybridized carbons (Fsp3) is 0.923. The van der Waals surface area contributed by atoms with Crippen molar-refractivity contribution in [3.8, 4) is 0 Å². The summed E-state index contributed by atoms with van der Waals surface area (Å²) in [5.74, 6) is -0.364. The quantitative estimate of drug-likeness (QED) is 0.700. The van der Waals surface area contributed by atoms with Crippen molar-refractivity contribution in [2.24, 2.45) is 10.8 Å². The minimum atomic E-state index is -0.755. The zero-order chi connectivity index (χ0) is 13.7. The van der Waals surface area contributed by atoms with Crippen LogP contribution in [0.4, 0.5) is 0 Å². The summed E-state index contributed by atoms with van der Waals surface area (Å²) in [6.07, 6.45) is 0.401. The van der Waals surface area contributed by atoms with Gasteiger partial charge in [-0.1, -0.05) is 27.7 Å². The predicted molar refractivity (Wildman–Crippen MR) is 66.5 cm³/mol. The average Bonchev–Trinajstić information content (AvgIpc) is 2.24. The Hall–Kier alpha value is -0.610. The summed E-state index contributed by atoms with van der Waals surface area (Å²) in [7, 11) is 0. The molecule has 0 amide bonds. The van der Waals surface area contributed by atoms with Gasteiger partial charge in [-0.05, 0) is 18.8 Å². The topological polar surface area (TPSA) is 66.8 Å². The van der Waals surface area contributed by atoms with Crippen molar-refractivity contribution in [1.82, 2.24) is 0 Å². The molecule has 0 bridgehead atoms. The molecule has 102 valence electrons. The number of rotatable bonds is 6. The van der Waals surface area contributed by atoms with Gasteiger partial charge in [-0.15, -0.1) is 0 Å². The van der Waals surface area contributed by atoms with Gasteiger partial charge in [-0.2, -0.15) is 0 Å². The highest BCUT2D eigenvalue weighted by Crippen LogP contribution is 2.28. The van der Waals surface area contributed by atoms with Gasteiger partial charge >= 0.3 is 5.97 Å². The highest BCUT2D eigenvalue weighted by molar-refractivity contribution is 5.70. The maximum Gasteiger partial charge on any atom is 0.306 e. The van der Waals surface area contributed by atoms with E-state index in [1.165, 1.54) is 0 Å². The molecule has 4 heteroatoms. The number of aliphatic hydroxyl groups is 2. The van der Waals surface area contributed by atoms with Crippen molar-refractivity contribution in [2.45, 2.75) is 53.6 Å². The minimum Gasteiger partial charge on any atom is -0.462 e. The Labute approximate surface area is 104 Å². The minimum absolute atomic E-state index is 0.0525. The fourth-order valence-corrected chi connectivity index (χ4v) is 1.23. The van der Waals surface area contributed by atoms with E-state index < -0.39 is 5.41 Å². The molecule has 0 radical (unpaired) electrons. The Morgan fingerprint density at radius 3 is 2.00 bits per heavy atom. The van der Waals surface area contributed by atoms with Crippen LogP contribution in [0, 0.1) is 10.8 Å². The Bertz CT molecular complexity index is 230. The van der Waals surface area contributed by atoms with Crippen LogP contribution in [0.1, 0.15) is 47.5 Å². The van der Waals surface area contributed by atoms with Crippen LogP contribution >= 0.6 is 0 Å². The van der Waals surface area contributed by atoms with E-state index in [0.29, 0.717) is 6.42 Å². The van der Waals surface area contributed by atoms with Gasteiger partial charge in [0.15, 0.2) is 0 Å². The molecule has 0 aliphatic rings. The second-order valence-corrected chi connectivity index (χ2v) is 5.84. The third-order valence-corrected chi connectivity index (χ3v) is 3.47. The first kappa shape index (κ1) is 16.4. The predicted octanol–water partition coefficient (Wildman–Crippen LogP) is 1.74. The lowest BCUT2D eigenvalue weighted by molar-refractivity contribution is -0.158. The van der Waals surface area contributed by atoms with Crippen molar-refractivity contribution in [1.29, 1.82) is 0 Å². The van der Waals surface area contributed by atoms with E-state index >= 15 is 0 Å². The van der Waals surface area contributed by atoms with Gasteiger partial charge in [-0.3, -0.25) is 4.79 Å². The highest BCUT2D eigenvalue weighted by atomic mass is 16.5. The lowest BCUT2D eigenvalue weighted by Gasteiger charge is -2.31. The molecular weight excluding hydrogens is 220 g/mol. The van der Waals surface area contributed by atoms with E-state index in [9.17, 15) is 15.0 Å². The van der Waals surface area contributed by atoms with E-state index in [0.717, 1.165) is 0 Å². The summed E-state index contributed by atoms with van der Waals surface area (Å²) in [4.78, 5) is 11.7. The summed E-state index contributed by atoms with van der Waals surface area (Å²) in [5, 5.41) is 18.5. The SMILES string of the molecule is CCC(CO)(CO)CC(=O)O[C@H](C)C(C)(C)C. The van der Waals surface area contributed by atoms with Crippen LogP contribution in [0.2, 0.25) is 0 Å². The fourth-order valence-electron chi connectivity index (χ4n) is 1.23. The molecule has 0 saturated carbocycles. The highest BCUT2D eigenvalue weighted by Gasteiger charge is 2.32. The molecule has 0 aliphatic heterocycles. The van der Waals surface area contributed by atoms with Gasteiger partial charge in [0, 0.05) is 5.41 Å². The summed E-state index contributed by atoms with van der Waals surface area (Å²) >= 11 is 0. The third-order valence-electron chi connectivity index (χ3n) is 3.47. The number of carbonyl (C=O) groups is 1. The second-order valence-electron chi connectivity index (χ2n) is 5.84.